The van der Waals surface area contributed by atoms with Gasteiger partial charge in [0.2, 0.25) is 11.8 Å². The first-order valence-corrected chi connectivity index (χ1v) is 11.5. The molecule has 1 aromatic rings. The fourth-order valence-electron chi connectivity index (χ4n) is 5.67. The number of piperidine rings is 1. The lowest BCUT2D eigenvalue weighted by Crippen LogP contribution is -2.52. The van der Waals surface area contributed by atoms with Crippen LogP contribution in [0.25, 0.3) is 0 Å². The minimum atomic E-state index is -0.563. The third-order valence-electron chi connectivity index (χ3n) is 7.40. The molecule has 0 spiro atoms. The summed E-state index contributed by atoms with van der Waals surface area (Å²) < 4.78 is 0. The normalized spacial score (nSPS) is 30.0. The van der Waals surface area contributed by atoms with Crippen molar-refractivity contribution in [1.82, 2.24) is 20.0 Å². The van der Waals surface area contributed by atoms with E-state index in [1.54, 1.807) is 4.90 Å². The van der Waals surface area contributed by atoms with Crippen LogP contribution in [0.2, 0.25) is 0 Å². The van der Waals surface area contributed by atoms with Crippen LogP contribution in [0.1, 0.15) is 53.6 Å². The maximum absolute atomic E-state index is 13.3. The third-order valence-corrected chi connectivity index (χ3v) is 7.40. The highest BCUT2D eigenvalue weighted by atomic mass is 16.2. The molecule has 3 amide bonds. The van der Waals surface area contributed by atoms with Crippen LogP contribution in [-0.2, 0) is 22.7 Å². The molecule has 8 nitrogen and oxygen atoms in total. The van der Waals surface area contributed by atoms with Crippen molar-refractivity contribution in [3.05, 3.63) is 34.9 Å². The molecule has 0 aromatic heterocycles. The second-order valence-electron chi connectivity index (χ2n) is 9.39. The average Bonchev–Trinajstić information content (AvgIpc) is 3.33. The number of hydrogen-bond acceptors (Lipinski definition) is 6. The van der Waals surface area contributed by atoms with Crippen molar-refractivity contribution in [1.29, 1.82) is 0 Å². The standard InChI is InChI=1S/C23H31N5O3/c24-17-4-5-18(12-17)27-10-8-26(9-11-27)13-15-2-1-3-16-14-28(23(31)21(15)16)19-6-7-20(29)25-22(19)30/h1-3,17-19H,4-14,24H2,(H,25,29,30). The molecule has 3 N–H and O–H groups in total. The molecule has 3 aliphatic heterocycles. The summed E-state index contributed by atoms with van der Waals surface area (Å²) in [5.41, 5.74) is 8.85. The maximum Gasteiger partial charge on any atom is 0.255 e. The Balaban J connectivity index is 1.24. The lowest BCUT2D eigenvalue weighted by molar-refractivity contribution is -0.136. The smallest absolute Gasteiger partial charge is 0.255 e. The van der Waals surface area contributed by atoms with Gasteiger partial charge in [-0.05, 0) is 36.8 Å². The summed E-state index contributed by atoms with van der Waals surface area (Å²) in [7, 11) is 0. The monoisotopic (exact) mass is 425 g/mol. The van der Waals surface area contributed by atoms with E-state index in [9.17, 15) is 14.4 Å². The largest absolute Gasteiger partial charge is 0.328 e. The number of benzene rings is 1. The van der Waals surface area contributed by atoms with Crippen LogP contribution in [0.3, 0.4) is 0 Å². The Morgan fingerprint density at radius 2 is 1.84 bits per heavy atom. The van der Waals surface area contributed by atoms with Crippen LogP contribution >= 0.6 is 0 Å². The number of carbonyl (C=O) groups is 3. The molecule has 0 bridgehead atoms. The first-order valence-electron chi connectivity index (χ1n) is 11.5. The minimum absolute atomic E-state index is 0.0846. The van der Waals surface area contributed by atoms with E-state index in [4.69, 9.17) is 5.73 Å². The van der Waals surface area contributed by atoms with Gasteiger partial charge >= 0.3 is 0 Å². The highest BCUT2D eigenvalue weighted by Crippen LogP contribution is 2.31. The molecule has 2 saturated heterocycles. The van der Waals surface area contributed by atoms with Crippen LogP contribution < -0.4 is 11.1 Å². The van der Waals surface area contributed by atoms with Crippen LogP contribution in [-0.4, -0.2) is 76.7 Å². The van der Waals surface area contributed by atoms with Crippen molar-refractivity contribution in [2.24, 2.45) is 5.73 Å². The van der Waals surface area contributed by atoms with Crippen LogP contribution in [0.4, 0.5) is 0 Å². The summed E-state index contributed by atoms with van der Waals surface area (Å²) in [5, 5.41) is 2.37. The SMILES string of the molecule is NC1CCC(N2CCN(Cc3cccc4c3C(=O)N(C3CCC(=O)NC3=O)C4)CC2)C1. The zero-order chi connectivity index (χ0) is 21.5. The Morgan fingerprint density at radius 3 is 2.55 bits per heavy atom. The molecule has 166 valence electrons. The molecule has 5 rings (SSSR count). The Hall–Kier alpha value is -2.29. The molecule has 1 saturated carbocycles. The lowest BCUT2D eigenvalue weighted by Gasteiger charge is -2.38. The van der Waals surface area contributed by atoms with Crippen molar-refractivity contribution in [2.75, 3.05) is 26.2 Å². The Labute approximate surface area is 182 Å². The zero-order valence-corrected chi connectivity index (χ0v) is 17.9. The van der Waals surface area contributed by atoms with Gasteiger partial charge in [0.25, 0.3) is 5.91 Å². The maximum atomic E-state index is 13.3. The van der Waals surface area contributed by atoms with E-state index in [1.165, 1.54) is 6.42 Å². The first-order chi connectivity index (χ1) is 15.0. The summed E-state index contributed by atoms with van der Waals surface area (Å²) in [5.74, 6) is -0.704. The fraction of sp³-hybridized carbons (Fsp3) is 0.609. The van der Waals surface area contributed by atoms with Crippen LogP contribution in [0.5, 0.6) is 0 Å². The van der Waals surface area contributed by atoms with E-state index in [0.717, 1.165) is 62.3 Å². The predicted octanol–water partition coefficient (Wildman–Crippen LogP) is 0.445. The summed E-state index contributed by atoms with van der Waals surface area (Å²) in [6, 6.07) is 6.43. The number of fused-ring (bicyclic) bond motifs is 1. The molecule has 1 aromatic carbocycles. The number of nitrogens with zero attached hydrogens (tertiary/aromatic N) is 3. The van der Waals surface area contributed by atoms with Gasteiger partial charge in [-0.2, -0.15) is 0 Å². The van der Waals surface area contributed by atoms with Gasteiger partial charge in [0, 0.05) is 63.3 Å². The highest BCUT2D eigenvalue weighted by Gasteiger charge is 2.40. The molecule has 3 unspecified atom stereocenters. The predicted molar refractivity (Wildman–Crippen MR) is 115 cm³/mol. The van der Waals surface area contributed by atoms with Gasteiger partial charge in [-0.1, -0.05) is 18.2 Å². The molecule has 1 aliphatic carbocycles. The van der Waals surface area contributed by atoms with E-state index in [1.807, 2.05) is 18.2 Å². The van der Waals surface area contributed by atoms with Gasteiger partial charge in [0.15, 0.2) is 0 Å². The number of hydrogen-bond donors (Lipinski definition) is 2. The molecule has 3 heterocycles. The van der Waals surface area contributed by atoms with Crippen molar-refractivity contribution in [3.8, 4) is 0 Å². The summed E-state index contributed by atoms with van der Waals surface area (Å²) in [6.07, 6.45) is 4.12. The summed E-state index contributed by atoms with van der Waals surface area (Å²) in [4.78, 5) is 43.7. The Morgan fingerprint density at radius 1 is 1.03 bits per heavy atom. The average molecular weight is 426 g/mol. The van der Waals surface area contributed by atoms with Crippen molar-refractivity contribution < 1.29 is 14.4 Å². The van der Waals surface area contributed by atoms with E-state index in [-0.39, 0.29) is 24.1 Å². The van der Waals surface area contributed by atoms with Gasteiger partial charge in [-0.15, -0.1) is 0 Å². The molecular formula is C23H31N5O3. The fourth-order valence-corrected chi connectivity index (χ4v) is 5.67. The van der Waals surface area contributed by atoms with Crippen molar-refractivity contribution in [2.45, 2.75) is 63.3 Å². The van der Waals surface area contributed by atoms with E-state index in [2.05, 4.69) is 15.1 Å². The third kappa shape index (κ3) is 4.00. The number of amides is 3. The molecule has 0 radical (unpaired) electrons. The second-order valence-corrected chi connectivity index (χ2v) is 9.39. The van der Waals surface area contributed by atoms with E-state index in [0.29, 0.717) is 25.0 Å². The summed E-state index contributed by atoms with van der Waals surface area (Å²) in [6.45, 7) is 5.24. The number of nitrogens with two attached hydrogens (primary N) is 1. The van der Waals surface area contributed by atoms with E-state index >= 15 is 0 Å². The van der Waals surface area contributed by atoms with Crippen LogP contribution in [0.15, 0.2) is 18.2 Å². The Bertz CT molecular complexity index is 895. The summed E-state index contributed by atoms with van der Waals surface area (Å²) >= 11 is 0. The number of rotatable bonds is 4. The second kappa shape index (κ2) is 8.33. The quantitative estimate of drug-likeness (QED) is 0.680. The number of nitrogens with one attached hydrogen (secondary N) is 1. The molecule has 8 heteroatoms. The lowest BCUT2D eigenvalue weighted by atomic mass is 10.0. The molecular weight excluding hydrogens is 394 g/mol. The van der Waals surface area contributed by atoms with Crippen molar-refractivity contribution in [3.63, 3.8) is 0 Å². The van der Waals surface area contributed by atoms with Gasteiger partial charge in [0.1, 0.15) is 6.04 Å². The number of imide groups is 1. The number of carbonyl (C=O) groups excluding carboxylic acids is 3. The van der Waals surface area contributed by atoms with Gasteiger partial charge in [0.05, 0.1) is 0 Å². The molecule has 3 fully saturated rings. The minimum Gasteiger partial charge on any atom is -0.328 e. The number of piperazine rings is 1. The topological polar surface area (TPSA) is 99.0 Å². The highest BCUT2D eigenvalue weighted by molar-refractivity contribution is 6.05. The van der Waals surface area contributed by atoms with Gasteiger partial charge in [-0.3, -0.25) is 29.5 Å². The van der Waals surface area contributed by atoms with Gasteiger partial charge < -0.3 is 10.6 Å². The van der Waals surface area contributed by atoms with Crippen LogP contribution in [0, 0.1) is 0 Å². The van der Waals surface area contributed by atoms with Crippen molar-refractivity contribution >= 4 is 17.7 Å². The molecule has 4 aliphatic rings. The molecule has 31 heavy (non-hydrogen) atoms. The molecule has 3 atom stereocenters. The first kappa shape index (κ1) is 20.6. The Kier molecular flexibility index (Phi) is 5.54. The van der Waals surface area contributed by atoms with Gasteiger partial charge in [-0.25, -0.2) is 0 Å². The van der Waals surface area contributed by atoms with E-state index < -0.39 is 6.04 Å². The zero-order valence-electron chi connectivity index (χ0n) is 17.9.